The van der Waals surface area contributed by atoms with E-state index in [2.05, 4.69) is 11.4 Å². The van der Waals surface area contributed by atoms with Crippen molar-refractivity contribution in [3.8, 4) is 6.07 Å². The zero-order valence-corrected chi connectivity index (χ0v) is 14.8. The van der Waals surface area contributed by atoms with Crippen LogP contribution in [-0.2, 0) is 9.59 Å². The molecule has 1 aromatic rings. The number of ketones is 1. The smallest absolute Gasteiger partial charge is 0.227 e. The molecule has 0 unspecified atom stereocenters. The lowest BCUT2D eigenvalue weighted by molar-refractivity contribution is -0.115. The van der Waals surface area contributed by atoms with Crippen molar-refractivity contribution >= 4 is 35.1 Å². The van der Waals surface area contributed by atoms with Crippen LogP contribution < -0.4 is 11.1 Å². The molecule has 0 bridgehead atoms. The van der Waals surface area contributed by atoms with E-state index in [0.29, 0.717) is 26.9 Å². The number of allylic oxidation sites excluding steroid dienone is 3. The molecule has 0 fully saturated rings. The number of benzene rings is 1. The van der Waals surface area contributed by atoms with E-state index in [1.807, 2.05) is 0 Å². The third-order valence-electron chi connectivity index (χ3n) is 3.59. The molecular weight excluding hydrogens is 346 g/mol. The average Bonchev–Trinajstić information content (AvgIpc) is 2.52. The Balaban J connectivity index is 2.57. The van der Waals surface area contributed by atoms with Crippen LogP contribution in [-0.4, -0.2) is 17.4 Å². The second-order valence-corrected chi connectivity index (χ2v) is 6.74. The number of thioether (sulfide) groups is 1. The third kappa shape index (κ3) is 3.81. The number of carbonyl (C=O) groups excluding carboxylic acids is 2. The van der Waals surface area contributed by atoms with E-state index >= 15 is 0 Å². The van der Waals surface area contributed by atoms with E-state index in [1.54, 1.807) is 31.2 Å². The molecular formula is C17H16ClN3O2S. The van der Waals surface area contributed by atoms with Crippen molar-refractivity contribution in [3.05, 3.63) is 56.7 Å². The molecule has 1 aliphatic heterocycles. The first kappa shape index (κ1) is 18.1. The van der Waals surface area contributed by atoms with Crippen molar-refractivity contribution in [2.75, 3.05) is 5.75 Å². The Labute approximate surface area is 149 Å². The molecule has 1 atom stereocenters. The first-order valence-corrected chi connectivity index (χ1v) is 8.51. The zero-order chi connectivity index (χ0) is 17.9. The van der Waals surface area contributed by atoms with Gasteiger partial charge < -0.3 is 11.1 Å². The highest BCUT2D eigenvalue weighted by molar-refractivity contribution is 8.03. The summed E-state index contributed by atoms with van der Waals surface area (Å²) in [4.78, 5) is 23.2. The minimum atomic E-state index is -0.499. The maximum atomic E-state index is 12.2. The summed E-state index contributed by atoms with van der Waals surface area (Å²) in [5.41, 5.74) is 7.56. The molecule has 5 nitrogen and oxygen atoms in total. The Kier molecular flexibility index (Phi) is 5.71. The Bertz CT molecular complexity index is 791. The highest BCUT2D eigenvalue weighted by Gasteiger charge is 2.33. The average molecular weight is 362 g/mol. The summed E-state index contributed by atoms with van der Waals surface area (Å²) in [5.74, 6) is -1.05. The Morgan fingerprint density at radius 1 is 1.38 bits per heavy atom. The predicted octanol–water partition coefficient (Wildman–Crippen LogP) is 2.84. The molecule has 24 heavy (non-hydrogen) atoms. The summed E-state index contributed by atoms with van der Waals surface area (Å²) >= 11 is 7.10. The van der Waals surface area contributed by atoms with Gasteiger partial charge >= 0.3 is 0 Å². The number of Topliss-reactive ketones (excluding diaryl/α,β-unsaturated/α-hetero) is 1. The van der Waals surface area contributed by atoms with Crippen LogP contribution in [0.25, 0.3) is 0 Å². The SMILES string of the molecule is CC(=O)C1=C(C)NC(SCC(N)=O)=C(C#N)[C@@H]1c1ccc(Cl)cc1. The summed E-state index contributed by atoms with van der Waals surface area (Å²) in [6.07, 6.45) is 0. The Morgan fingerprint density at radius 3 is 2.50 bits per heavy atom. The number of nitrogens with one attached hydrogen (secondary N) is 1. The van der Waals surface area contributed by atoms with Gasteiger partial charge in [0.15, 0.2) is 5.78 Å². The summed E-state index contributed by atoms with van der Waals surface area (Å²) in [6, 6.07) is 9.20. The van der Waals surface area contributed by atoms with Gasteiger partial charge in [-0.1, -0.05) is 35.5 Å². The first-order valence-electron chi connectivity index (χ1n) is 7.14. The first-order chi connectivity index (χ1) is 11.3. The van der Waals surface area contributed by atoms with Crippen molar-refractivity contribution in [2.45, 2.75) is 19.8 Å². The van der Waals surface area contributed by atoms with Gasteiger partial charge in [-0.3, -0.25) is 9.59 Å². The zero-order valence-electron chi connectivity index (χ0n) is 13.2. The summed E-state index contributed by atoms with van der Waals surface area (Å²) in [6.45, 7) is 3.25. The standard InChI is InChI=1S/C17H16ClN3O2S/c1-9-15(10(2)22)16(11-3-5-12(18)6-4-11)13(7-19)17(21-9)24-8-14(20)23/h3-6,16,21H,8H2,1-2H3,(H2,20,23)/t16-/m0/s1. The third-order valence-corrected chi connectivity index (χ3v) is 4.88. The minimum absolute atomic E-state index is 0.0452. The van der Waals surface area contributed by atoms with E-state index in [4.69, 9.17) is 17.3 Å². The summed E-state index contributed by atoms with van der Waals surface area (Å²) in [5, 5.41) is 13.8. The van der Waals surface area contributed by atoms with Crippen LogP contribution in [0.3, 0.4) is 0 Å². The van der Waals surface area contributed by atoms with Crippen molar-refractivity contribution in [1.82, 2.24) is 5.32 Å². The molecule has 1 aliphatic rings. The molecule has 124 valence electrons. The lowest BCUT2D eigenvalue weighted by atomic mass is 9.81. The highest BCUT2D eigenvalue weighted by atomic mass is 35.5. The number of hydrogen-bond acceptors (Lipinski definition) is 5. The van der Waals surface area contributed by atoms with Crippen LogP contribution in [0.1, 0.15) is 25.3 Å². The molecule has 0 aromatic heterocycles. The van der Waals surface area contributed by atoms with Crippen LogP contribution in [0.5, 0.6) is 0 Å². The number of nitrogens with zero attached hydrogens (tertiary/aromatic N) is 1. The van der Waals surface area contributed by atoms with Gasteiger partial charge in [-0.2, -0.15) is 5.26 Å². The second-order valence-electron chi connectivity index (χ2n) is 5.31. The number of nitriles is 1. The number of amides is 1. The number of primary amides is 1. The van der Waals surface area contributed by atoms with Gasteiger partial charge in [-0.25, -0.2) is 0 Å². The van der Waals surface area contributed by atoms with Gasteiger partial charge in [0.1, 0.15) is 0 Å². The van der Waals surface area contributed by atoms with E-state index in [1.165, 1.54) is 6.92 Å². The van der Waals surface area contributed by atoms with Crippen LogP contribution >= 0.6 is 23.4 Å². The molecule has 2 rings (SSSR count). The van der Waals surface area contributed by atoms with Crippen molar-refractivity contribution < 1.29 is 9.59 Å². The maximum absolute atomic E-state index is 12.2. The number of hydrogen-bond donors (Lipinski definition) is 2. The molecule has 0 saturated carbocycles. The number of halogens is 1. The van der Waals surface area contributed by atoms with Crippen molar-refractivity contribution in [1.29, 1.82) is 5.26 Å². The van der Waals surface area contributed by atoms with Crippen LogP contribution in [0.4, 0.5) is 0 Å². The van der Waals surface area contributed by atoms with Gasteiger partial charge in [0.25, 0.3) is 0 Å². The molecule has 0 radical (unpaired) electrons. The lowest BCUT2D eigenvalue weighted by Crippen LogP contribution is -2.27. The molecule has 0 aliphatic carbocycles. The highest BCUT2D eigenvalue weighted by Crippen LogP contribution is 2.40. The van der Waals surface area contributed by atoms with E-state index in [0.717, 1.165) is 17.3 Å². The fraction of sp³-hybridized carbons (Fsp3) is 0.235. The molecule has 7 heteroatoms. The normalized spacial score (nSPS) is 17.3. The van der Waals surface area contributed by atoms with E-state index < -0.39 is 11.8 Å². The fourth-order valence-corrected chi connectivity index (χ4v) is 3.58. The minimum Gasteiger partial charge on any atom is -0.369 e. The largest absolute Gasteiger partial charge is 0.369 e. The maximum Gasteiger partial charge on any atom is 0.227 e. The molecule has 1 aromatic carbocycles. The van der Waals surface area contributed by atoms with Crippen LogP contribution in [0.2, 0.25) is 5.02 Å². The summed E-state index contributed by atoms with van der Waals surface area (Å²) in [7, 11) is 0. The predicted molar refractivity (Wildman–Crippen MR) is 95.0 cm³/mol. The van der Waals surface area contributed by atoms with Crippen molar-refractivity contribution in [2.24, 2.45) is 5.73 Å². The quantitative estimate of drug-likeness (QED) is 0.840. The van der Waals surface area contributed by atoms with Crippen LogP contribution in [0.15, 0.2) is 46.1 Å². The molecule has 0 spiro atoms. The molecule has 1 amide bonds. The topological polar surface area (TPSA) is 96.0 Å². The van der Waals surface area contributed by atoms with Crippen molar-refractivity contribution in [3.63, 3.8) is 0 Å². The van der Waals surface area contributed by atoms with Gasteiger partial charge in [0.05, 0.1) is 28.3 Å². The van der Waals surface area contributed by atoms with Gasteiger partial charge in [-0.05, 0) is 31.5 Å². The molecule has 1 heterocycles. The van der Waals surface area contributed by atoms with Gasteiger partial charge in [-0.15, -0.1) is 0 Å². The molecule has 0 saturated heterocycles. The second kappa shape index (κ2) is 7.56. The Morgan fingerprint density at radius 2 is 2.00 bits per heavy atom. The van der Waals surface area contributed by atoms with Gasteiger partial charge in [0.2, 0.25) is 5.91 Å². The number of rotatable bonds is 5. The monoisotopic (exact) mass is 361 g/mol. The Hall–Kier alpha value is -2.23. The van der Waals surface area contributed by atoms with Crippen LogP contribution in [0, 0.1) is 11.3 Å². The van der Waals surface area contributed by atoms with E-state index in [9.17, 15) is 14.9 Å². The summed E-state index contributed by atoms with van der Waals surface area (Å²) < 4.78 is 0. The number of nitrogens with two attached hydrogens (primary N) is 1. The fourth-order valence-electron chi connectivity index (χ4n) is 2.63. The lowest BCUT2D eigenvalue weighted by Gasteiger charge is -2.29. The number of dihydropyridines is 1. The van der Waals surface area contributed by atoms with Gasteiger partial charge in [0, 0.05) is 16.3 Å². The van der Waals surface area contributed by atoms with E-state index in [-0.39, 0.29) is 11.5 Å². The number of carbonyl (C=O) groups is 2. The molecule has 3 N–H and O–H groups in total.